The Kier molecular flexibility index (Phi) is 2.65. The summed E-state index contributed by atoms with van der Waals surface area (Å²) in [5, 5.41) is 2.07. The number of halogens is 1. The normalized spacial score (nSPS) is 11.4. The van der Waals surface area contributed by atoms with E-state index in [0.717, 1.165) is 22.0 Å². The minimum absolute atomic E-state index is 0.244. The van der Waals surface area contributed by atoms with Gasteiger partial charge >= 0.3 is 0 Å². The van der Waals surface area contributed by atoms with Crippen LogP contribution in [0, 0.1) is 5.82 Å². The molecule has 0 saturated heterocycles. The van der Waals surface area contributed by atoms with E-state index in [-0.39, 0.29) is 5.82 Å². The van der Waals surface area contributed by atoms with Gasteiger partial charge in [-0.15, -0.1) is 0 Å². The number of furan rings is 1. The molecule has 0 aliphatic heterocycles. The maximum Gasteiger partial charge on any atom is 0.123 e. The van der Waals surface area contributed by atoms with Crippen molar-refractivity contribution in [3.63, 3.8) is 0 Å². The first-order valence-electron chi connectivity index (χ1n) is 5.57. The highest BCUT2D eigenvalue weighted by Crippen LogP contribution is 2.21. The molecule has 1 heterocycles. The highest BCUT2D eigenvalue weighted by molar-refractivity contribution is 5.86. The number of hydrogen-bond donors (Lipinski definition) is 0. The van der Waals surface area contributed by atoms with Gasteiger partial charge in [-0.25, -0.2) is 4.39 Å². The number of aliphatic imine (C=N–C) groups is 1. The molecule has 0 saturated carbocycles. The summed E-state index contributed by atoms with van der Waals surface area (Å²) < 4.78 is 17.8. The highest BCUT2D eigenvalue weighted by Gasteiger charge is 1.96. The average molecular weight is 239 g/mol. The van der Waals surface area contributed by atoms with Crippen molar-refractivity contribution in [2.75, 3.05) is 0 Å². The number of hydrogen-bond acceptors (Lipinski definition) is 2. The van der Waals surface area contributed by atoms with Gasteiger partial charge in [-0.1, -0.05) is 12.1 Å². The van der Waals surface area contributed by atoms with E-state index in [1.165, 1.54) is 12.1 Å². The molecule has 0 spiro atoms. The van der Waals surface area contributed by atoms with Crippen LogP contribution in [-0.2, 0) is 0 Å². The maximum atomic E-state index is 12.7. The number of nitrogens with zero attached hydrogens (tertiary/aromatic N) is 1. The lowest BCUT2D eigenvalue weighted by Crippen LogP contribution is -1.80. The van der Waals surface area contributed by atoms with Gasteiger partial charge in [0.15, 0.2) is 0 Å². The van der Waals surface area contributed by atoms with E-state index < -0.39 is 0 Å². The molecule has 0 unspecified atom stereocenters. The Bertz CT molecular complexity index is 698. The van der Waals surface area contributed by atoms with Crippen molar-refractivity contribution < 1.29 is 8.81 Å². The molecule has 0 bridgehead atoms. The Hall–Kier alpha value is -2.42. The van der Waals surface area contributed by atoms with Crippen molar-refractivity contribution in [1.29, 1.82) is 0 Å². The van der Waals surface area contributed by atoms with Crippen LogP contribution in [0.2, 0.25) is 0 Å². The predicted molar refractivity (Wildman–Crippen MR) is 69.9 cm³/mol. The number of benzene rings is 2. The molecular formula is C15H10FNO. The minimum Gasteiger partial charge on any atom is -0.471 e. The third-order valence-corrected chi connectivity index (χ3v) is 2.69. The van der Waals surface area contributed by atoms with Crippen LogP contribution in [0.4, 0.5) is 10.1 Å². The fourth-order valence-corrected chi connectivity index (χ4v) is 1.73. The lowest BCUT2D eigenvalue weighted by atomic mass is 10.2. The zero-order chi connectivity index (χ0) is 12.4. The molecule has 0 radical (unpaired) electrons. The van der Waals surface area contributed by atoms with Crippen molar-refractivity contribution in [3.8, 4) is 0 Å². The highest BCUT2D eigenvalue weighted by atomic mass is 19.1. The van der Waals surface area contributed by atoms with Crippen molar-refractivity contribution >= 4 is 22.7 Å². The lowest BCUT2D eigenvalue weighted by molar-refractivity contribution is 0.572. The van der Waals surface area contributed by atoms with Crippen LogP contribution in [0.25, 0.3) is 10.8 Å². The van der Waals surface area contributed by atoms with Crippen molar-refractivity contribution in [3.05, 3.63) is 66.4 Å². The van der Waals surface area contributed by atoms with Gasteiger partial charge in [0.25, 0.3) is 0 Å². The third-order valence-electron chi connectivity index (χ3n) is 2.69. The smallest absolute Gasteiger partial charge is 0.123 e. The molecule has 0 amide bonds. The summed E-state index contributed by atoms with van der Waals surface area (Å²) in [6, 6.07) is 12.0. The van der Waals surface area contributed by atoms with E-state index in [4.69, 9.17) is 4.42 Å². The van der Waals surface area contributed by atoms with Gasteiger partial charge in [-0.2, -0.15) is 0 Å². The summed E-state index contributed by atoms with van der Waals surface area (Å²) in [6.07, 6.45) is 5.09. The summed E-state index contributed by atoms with van der Waals surface area (Å²) in [7, 11) is 0. The molecule has 0 aliphatic rings. The third kappa shape index (κ3) is 2.15. The molecule has 88 valence electrons. The molecule has 3 rings (SSSR count). The predicted octanol–water partition coefficient (Wildman–Crippen LogP) is 4.32. The van der Waals surface area contributed by atoms with E-state index in [2.05, 4.69) is 4.99 Å². The van der Waals surface area contributed by atoms with E-state index in [1.54, 1.807) is 30.9 Å². The van der Waals surface area contributed by atoms with Crippen molar-refractivity contribution in [2.24, 2.45) is 4.99 Å². The van der Waals surface area contributed by atoms with Crippen molar-refractivity contribution in [2.45, 2.75) is 0 Å². The molecule has 3 heteroatoms. The zero-order valence-corrected chi connectivity index (χ0v) is 9.51. The molecule has 0 atom stereocenters. The molecule has 3 aromatic rings. The first kappa shape index (κ1) is 10.7. The zero-order valence-electron chi connectivity index (χ0n) is 9.51. The van der Waals surface area contributed by atoms with E-state index in [1.807, 2.05) is 18.2 Å². The van der Waals surface area contributed by atoms with Crippen LogP contribution in [0.3, 0.4) is 0 Å². The molecule has 0 aliphatic carbocycles. The second-order valence-electron chi connectivity index (χ2n) is 3.99. The molecular weight excluding hydrogens is 229 g/mol. The Labute approximate surface area is 103 Å². The fraction of sp³-hybridized carbons (Fsp3) is 0. The summed E-state index contributed by atoms with van der Waals surface area (Å²) in [4.78, 5) is 4.35. The van der Waals surface area contributed by atoms with Crippen molar-refractivity contribution in [1.82, 2.24) is 0 Å². The molecule has 0 fully saturated rings. The van der Waals surface area contributed by atoms with Gasteiger partial charge in [0.1, 0.15) is 5.82 Å². The minimum atomic E-state index is -0.244. The van der Waals surface area contributed by atoms with E-state index in [9.17, 15) is 4.39 Å². The Morgan fingerprint density at radius 1 is 0.944 bits per heavy atom. The first-order valence-corrected chi connectivity index (χ1v) is 5.57. The summed E-state index contributed by atoms with van der Waals surface area (Å²) in [5.41, 5.74) is 1.71. The fourth-order valence-electron chi connectivity index (χ4n) is 1.73. The topological polar surface area (TPSA) is 25.5 Å². The quantitative estimate of drug-likeness (QED) is 0.611. The lowest BCUT2D eigenvalue weighted by Gasteiger charge is -1.95. The average Bonchev–Trinajstić information content (AvgIpc) is 2.85. The van der Waals surface area contributed by atoms with Crippen LogP contribution in [0.1, 0.15) is 5.56 Å². The van der Waals surface area contributed by atoms with E-state index in [0.29, 0.717) is 0 Å². The van der Waals surface area contributed by atoms with Gasteiger partial charge in [-0.3, -0.25) is 4.99 Å². The SMILES string of the molecule is Fc1ccc(/C=N/c2ccc3cocc3c2)cc1. The van der Waals surface area contributed by atoms with Gasteiger partial charge in [0.2, 0.25) is 0 Å². The standard InChI is InChI=1S/C15H10FNO/c16-14-4-1-11(2-5-14)8-17-15-6-3-12-9-18-10-13(12)7-15/h1-10H/b17-8+. The summed E-state index contributed by atoms with van der Waals surface area (Å²) in [6.45, 7) is 0. The second kappa shape index (κ2) is 4.45. The van der Waals surface area contributed by atoms with Crippen LogP contribution in [0.5, 0.6) is 0 Å². The maximum absolute atomic E-state index is 12.7. The Balaban J connectivity index is 1.88. The molecule has 18 heavy (non-hydrogen) atoms. The van der Waals surface area contributed by atoms with Gasteiger partial charge in [-0.05, 0) is 35.9 Å². The summed E-state index contributed by atoms with van der Waals surface area (Å²) >= 11 is 0. The van der Waals surface area contributed by atoms with Crippen LogP contribution in [-0.4, -0.2) is 6.21 Å². The van der Waals surface area contributed by atoms with Crippen LogP contribution < -0.4 is 0 Å². The monoisotopic (exact) mass is 239 g/mol. The number of rotatable bonds is 2. The summed E-state index contributed by atoms with van der Waals surface area (Å²) in [5.74, 6) is -0.244. The molecule has 2 nitrogen and oxygen atoms in total. The van der Waals surface area contributed by atoms with Crippen LogP contribution in [0.15, 0.2) is 64.4 Å². The second-order valence-corrected chi connectivity index (χ2v) is 3.99. The van der Waals surface area contributed by atoms with Gasteiger partial charge < -0.3 is 4.42 Å². The molecule has 2 aromatic carbocycles. The molecule has 1 aromatic heterocycles. The van der Waals surface area contributed by atoms with E-state index >= 15 is 0 Å². The Morgan fingerprint density at radius 2 is 1.72 bits per heavy atom. The van der Waals surface area contributed by atoms with Crippen LogP contribution >= 0.6 is 0 Å². The number of fused-ring (bicyclic) bond motifs is 1. The largest absolute Gasteiger partial charge is 0.471 e. The van der Waals surface area contributed by atoms with Gasteiger partial charge in [0.05, 0.1) is 18.2 Å². The van der Waals surface area contributed by atoms with Gasteiger partial charge in [0, 0.05) is 17.0 Å². The Morgan fingerprint density at radius 3 is 2.56 bits per heavy atom. The first-order chi connectivity index (χ1) is 8.81. The molecule has 0 N–H and O–H groups in total.